The van der Waals surface area contributed by atoms with Crippen molar-refractivity contribution in [3.05, 3.63) is 48.6 Å². The Kier molecular flexibility index (Phi) is 4.77. The van der Waals surface area contributed by atoms with E-state index < -0.39 is 0 Å². The quantitative estimate of drug-likeness (QED) is 0.694. The number of benzene rings is 1. The largest absolute Gasteiger partial charge is 0.332 e. The molecule has 0 bridgehead atoms. The van der Waals surface area contributed by atoms with Crippen LogP contribution < -0.4 is 0 Å². The Morgan fingerprint density at radius 2 is 2.06 bits per heavy atom. The number of amides is 1. The Morgan fingerprint density at radius 3 is 2.56 bits per heavy atom. The number of nitrogens with zero attached hydrogens (tertiary/aromatic N) is 1. The summed E-state index contributed by atoms with van der Waals surface area (Å²) in [6.45, 7) is 8.44. The van der Waals surface area contributed by atoms with E-state index in [4.69, 9.17) is 0 Å². The highest BCUT2D eigenvalue weighted by molar-refractivity contribution is 5.94. The Balaban J connectivity index is 2.87. The van der Waals surface area contributed by atoms with Crippen LogP contribution in [0.25, 0.3) is 0 Å². The van der Waals surface area contributed by atoms with Gasteiger partial charge in [-0.15, -0.1) is 6.58 Å². The second kappa shape index (κ2) is 6.11. The standard InChI is InChI=1S/C14H19NO/c1-4-11-15(12(3)5-2)14(16)13-9-7-6-8-10-13/h4,6-10,12H,1,5,11H2,2-3H3. The molecule has 0 heterocycles. The maximum Gasteiger partial charge on any atom is 0.254 e. The van der Waals surface area contributed by atoms with E-state index in [2.05, 4.69) is 20.4 Å². The number of rotatable bonds is 5. The molecule has 2 nitrogen and oxygen atoms in total. The Hall–Kier alpha value is -1.57. The molecule has 1 atom stereocenters. The van der Waals surface area contributed by atoms with Gasteiger partial charge in [0.15, 0.2) is 0 Å². The van der Waals surface area contributed by atoms with Crippen LogP contribution in [0.2, 0.25) is 0 Å². The van der Waals surface area contributed by atoms with Gasteiger partial charge in [0.1, 0.15) is 0 Å². The molecule has 1 unspecified atom stereocenters. The van der Waals surface area contributed by atoms with Crippen LogP contribution in [0.3, 0.4) is 0 Å². The molecule has 0 spiro atoms. The molecule has 0 saturated heterocycles. The molecule has 0 aliphatic carbocycles. The predicted octanol–water partition coefficient (Wildman–Crippen LogP) is 3.11. The maximum atomic E-state index is 12.2. The van der Waals surface area contributed by atoms with Gasteiger partial charge in [0.25, 0.3) is 5.91 Å². The minimum absolute atomic E-state index is 0.0786. The van der Waals surface area contributed by atoms with Crippen LogP contribution in [-0.2, 0) is 0 Å². The van der Waals surface area contributed by atoms with Crippen LogP contribution in [0.4, 0.5) is 0 Å². The van der Waals surface area contributed by atoms with Gasteiger partial charge >= 0.3 is 0 Å². The van der Waals surface area contributed by atoms with Crippen LogP contribution in [0, 0.1) is 0 Å². The van der Waals surface area contributed by atoms with Gasteiger partial charge in [0.2, 0.25) is 0 Å². The molecule has 1 rings (SSSR count). The van der Waals surface area contributed by atoms with Crippen LogP contribution in [0.1, 0.15) is 30.6 Å². The highest BCUT2D eigenvalue weighted by Crippen LogP contribution is 2.10. The number of carbonyl (C=O) groups excluding carboxylic acids is 1. The molecule has 0 aliphatic heterocycles. The summed E-state index contributed by atoms with van der Waals surface area (Å²) in [5.41, 5.74) is 0.740. The van der Waals surface area contributed by atoms with Gasteiger partial charge in [-0.05, 0) is 25.5 Å². The van der Waals surface area contributed by atoms with Crippen molar-refractivity contribution in [2.45, 2.75) is 26.3 Å². The van der Waals surface area contributed by atoms with Crippen molar-refractivity contribution in [2.75, 3.05) is 6.54 Å². The third-order valence-electron chi connectivity index (χ3n) is 2.73. The highest BCUT2D eigenvalue weighted by atomic mass is 16.2. The van der Waals surface area contributed by atoms with Crippen molar-refractivity contribution in [3.8, 4) is 0 Å². The topological polar surface area (TPSA) is 20.3 Å². The molecule has 0 radical (unpaired) electrons. The molecular formula is C14H19NO. The lowest BCUT2D eigenvalue weighted by Crippen LogP contribution is -2.38. The molecule has 0 N–H and O–H groups in total. The molecule has 0 saturated carbocycles. The van der Waals surface area contributed by atoms with E-state index in [-0.39, 0.29) is 11.9 Å². The first-order valence-corrected chi connectivity index (χ1v) is 5.67. The fraction of sp³-hybridized carbons (Fsp3) is 0.357. The van der Waals surface area contributed by atoms with Crippen molar-refractivity contribution in [1.29, 1.82) is 0 Å². The zero-order valence-corrected chi connectivity index (χ0v) is 10.0. The van der Waals surface area contributed by atoms with Gasteiger partial charge in [-0.3, -0.25) is 4.79 Å². The molecule has 1 aromatic rings. The van der Waals surface area contributed by atoms with E-state index in [9.17, 15) is 4.79 Å². The van der Waals surface area contributed by atoms with Crippen molar-refractivity contribution in [1.82, 2.24) is 4.90 Å². The average molecular weight is 217 g/mol. The minimum Gasteiger partial charge on any atom is -0.332 e. The molecule has 0 aromatic heterocycles. The fourth-order valence-electron chi connectivity index (χ4n) is 1.57. The van der Waals surface area contributed by atoms with Gasteiger partial charge in [-0.2, -0.15) is 0 Å². The van der Waals surface area contributed by atoms with E-state index in [0.717, 1.165) is 12.0 Å². The molecule has 2 heteroatoms. The maximum absolute atomic E-state index is 12.2. The summed E-state index contributed by atoms with van der Waals surface area (Å²) >= 11 is 0. The summed E-state index contributed by atoms with van der Waals surface area (Å²) in [4.78, 5) is 14.1. The summed E-state index contributed by atoms with van der Waals surface area (Å²) in [6.07, 6.45) is 2.72. The lowest BCUT2D eigenvalue weighted by Gasteiger charge is -2.27. The fourth-order valence-corrected chi connectivity index (χ4v) is 1.57. The van der Waals surface area contributed by atoms with Crippen LogP contribution in [0.15, 0.2) is 43.0 Å². The molecule has 1 aromatic carbocycles. The molecule has 0 fully saturated rings. The molecule has 16 heavy (non-hydrogen) atoms. The summed E-state index contributed by atoms with van der Waals surface area (Å²) in [5, 5.41) is 0. The van der Waals surface area contributed by atoms with E-state index in [0.29, 0.717) is 6.54 Å². The van der Waals surface area contributed by atoms with Gasteiger partial charge in [0.05, 0.1) is 0 Å². The minimum atomic E-state index is 0.0786. The van der Waals surface area contributed by atoms with Crippen LogP contribution in [0.5, 0.6) is 0 Å². The smallest absolute Gasteiger partial charge is 0.254 e. The first kappa shape index (κ1) is 12.5. The van der Waals surface area contributed by atoms with Crippen molar-refractivity contribution < 1.29 is 4.79 Å². The van der Waals surface area contributed by atoms with Gasteiger partial charge in [-0.25, -0.2) is 0 Å². The van der Waals surface area contributed by atoms with E-state index in [1.54, 1.807) is 6.08 Å². The summed E-state index contributed by atoms with van der Waals surface area (Å²) < 4.78 is 0. The third kappa shape index (κ3) is 2.96. The lowest BCUT2D eigenvalue weighted by atomic mass is 10.1. The number of carbonyl (C=O) groups is 1. The van der Waals surface area contributed by atoms with Crippen LogP contribution in [-0.4, -0.2) is 23.4 Å². The van der Waals surface area contributed by atoms with Gasteiger partial charge in [-0.1, -0.05) is 31.2 Å². The predicted molar refractivity (Wildman–Crippen MR) is 67.4 cm³/mol. The van der Waals surface area contributed by atoms with E-state index in [1.165, 1.54) is 0 Å². The van der Waals surface area contributed by atoms with Crippen molar-refractivity contribution >= 4 is 5.91 Å². The zero-order chi connectivity index (χ0) is 12.0. The second-order valence-corrected chi connectivity index (χ2v) is 3.87. The molecule has 86 valence electrons. The summed E-state index contributed by atoms with van der Waals surface area (Å²) in [6, 6.07) is 9.62. The van der Waals surface area contributed by atoms with Gasteiger partial charge < -0.3 is 4.90 Å². The molecular weight excluding hydrogens is 198 g/mol. The monoisotopic (exact) mass is 217 g/mol. The Labute approximate surface area is 97.6 Å². The number of hydrogen-bond acceptors (Lipinski definition) is 1. The first-order valence-electron chi connectivity index (χ1n) is 5.67. The summed E-state index contributed by atoms with van der Waals surface area (Å²) in [7, 11) is 0. The number of hydrogen-bond donors (Lipinski definition) is 0. The third-order valence-corrected chi connectivity index (χ3v) is 2.73. The lowest BCUT2D eigenvalue weighted by molar-refractivity contribution is 0.0712. The summed E-state index contributed by atoms with van der Waals surface area (Å²) in [5.74, 6) is 0.0786. The molecule has 1 amide bonds. The van der Waals surface area contributed by atoms with Crippen LogP contribution >= 0.6 is 0 Å². The second-order valence-electron chi connectivity index (χ2n) is 3.87. The Bertz CT molecular complexity index is 345. The van der Waals surface area contributed by atoms with E-state index in [1.807, 2.05) is 35.2 Å². The zero-order valence-electron chi connectivity index (χ0n) is 10.0. The SMILES string of the molecule is C=CCN(C(=O)c1ccccc1)C(C)CC. The molecule has 0 aliphatic rings. The Morgan fingerprint density at radius 1 is 1.44 bits per heavy atom. The highest BCUT2D eigenvalue weighted by Gasteiger charge is 2.18. The average Bonchev–Trinajstić information content (AvgIpc) is 2.35. The van der Waals surface area contributed by atoms with Crippen molar-refractivity contribution in [3.63, 3.8) is 0 Å². The first-order chi connectivity index (χ1) is 7.70. The normalized spacial score (nSPS) is 11.9. The van der Waals surface area contributed by atoms with Gasteiger partial charge in [0, 0.05) is 18.2 Å². The van der Waals surface area contributed by atoms with Crippen molar-refractivity contribution in [2.24, 2.45) is 0 Å². The van der Waals surface area contributed by atoms with E-state index >= 15 is 0 Å².